The molecule has 0 spiro atoms. The monoisotopic (exact) mass is 1840 g/mol. The first kappa shape index (κ1) is 107. The van der Waals surface area contributed by atoms with Crippen LogP contribution in [-0.4, -0.2) is 229 Å². The first-order valence-corrected chi connectivity index (χ1v) is 44.0. The van der Waals surface area contributed by atoms with Crippen molar-refractivity contribution < 1.29 is 81.5 Å². The molecule has 0 fully saturated rings. The van der Waals surface area contributed by atoms with Crippen LogP contribution in [-0.2, 0) is 86.4 Å². The molecule has 718 valence electrons. The van der Waals surface area contributed by atoms with Crippen molar-refractivity contribution in [3.63, 3.8) is 0 Å². The SMILES string of the molecule is CCCNC(=O)C(C)(C)C(=O)Nc1ccc(Cc2ccc(NC(=O)N(CCNC(=O)C(C)(C)C(=O)Nc3ccc(Cc4ccc(NC(=O)N(CCNC(=O)C(C)(C)C(=O)NC)CCNC(=O)C(C)(C)C(=O)NC)cc4)cc3)CCNC(=O)C(C)(C)C(=O)Nc3ccc(Cc4ccc(NC(=O)N(CCNC(=O)C(C)(C)C(=O)NC)CCNC(=O)C(C)(C)C(=O)NC)cc4)cc3)cc2)cc1. The van der Waals surface area contributed by atoms with Crippen LogP contribution in [0.1, 0.15) is 144 Å². The summed E-state index contributed by atoms with van der Waals surface area (Å²) in [6, 6.07) is 40.7. The smallest absolute Gasteiger partial charge is 0.321 e. The van der Waals surface area contributed by atoms with Crippen molar-refractivity contribution in [3.8, 4) is 0 Å². The zero-order valence-corrected chi connectivity index (χ0v) is 79.7. The average Bonchev–Trinajstić information content (AvgIpc) is 0.836. The number of hydrogen-bond donors (Lipinski definition) is 17. The van der Waals surface area contributed by atoms with E-state index in [1.807, 2.05) is 55.5 Å². The van der Waals surface area contributed by atoms with Gasteiger partial charge < -0.3 is 105 Å². The number of nitrogens with one attached hydrogen (secondary N) is 17. The van der Waals surface area contributed by atoms with Crippen LogP contribution in [0.4, 0.5) is 48.5 Å². The van der Waals surface area contributed by atoms with Gasteiger partial charge in [-0.1, -0.05) is 79.7 Å². The summed E-state index contributed by atoms with van der Waals surface area (Å²) in [4.78, 5) is 229. The predicted molar refractivity (Wildman–Crippen MR) is 509 cm³/mol. The Balaban J connectivity index is 1.07. The molecular weight excluding hydrogens is 1710 g/mol. The van der Waals surface area contributed by atoms with E-state index in [0.717, 1.165) is 39.8 Å². The highest BCUT2D eigenvalue weighted by Crippen LogP contribution is 2.28. The van der Waals surface area contributed by atoms with Crippen LogP contribution >= 0.6 is 0 Å². The van der Waals surface area contributed by atoms with Crippen LogP contribution in [0.25, 0.3) is 0 Å². The molecule has 6 aromatic rings. The van der Waals surface area contributed by atoms with Gasteiger partial charge in [0.1, 0.15) is 37.9 Å². The number of carbonyl (C=O) groups excluding carboxylic acids is 17. The second-order valence-corrected chi connectivity index (χ2v) is 35.8. The number of urea groups is 3. The van der Waals surface area contributed by atoms with Gasteiger partial charge in [-0.25, -0.2) is 14.4 Å². The minimum Gasteiger partial charge on any atom is -0.358 e. The number of rotatable bonds is 46. The molecule has 0 aliphatic carbocycles. The molecule has 37 nitrogen and oxygen atoms in total. The Kier molecular flexibility index (Phi) is 39.2. The number of hydrogen-bond acceptors (Lipinski definition) is 17. The van der Waals surface area contributed by atoms with Crippen molar-refractivity contribution in [2.75, 3.05) is 145 Å². The second-order valence-electron chi connectivity index (χ2n) is 35.8. The molecule has 0 aliphatic heterocycles. The fourth-order valence-corrected chi connectivity index (χ4v) is 12.9. The number of benzene rings is 6. The molecule has 17 N–H and O–H groups in total. The summed E-state index contributed by atoms with van der Waals surface area (Å²) in [5.41, 5.74) is -2.38. The van der Waals surface area contributed by atoms with Crippen LogP contribution in [0.3, 0.4) is 0 Å². The third kappa shape index (κ3) is 30.9. The zero-order valence-electron chi connectivity index (χ0n) is 79.7. The van der Waals surface area contributed by atoms with Crippen molar-refractivity contribution >= 4 is 135 Å². The molecule has 37 heteroatoms. The van der Waals surface area contributed by atoms with E-state index in [-0.39, 0.29) is 84.4 Å². The molecule has 0 unspecified atom stereocenters. The lowest BCUT2D eigenvalue weighted by molar-refractivity contribution is -0.142. The first-order chi connectivity index (χ1) is 62.5. The number of carbonyl (C=O) groups is 17. The van der Waals surface area contributed by atoms with Gasteiger partial charge in [-0.15, -0.1) is 0 Å². The van der Waals surface area contributed by atoms with Crippen LogP contribution in [0.2, 0.25) is 0 Å². The van der Waals surface area contributed by atoms with E-state index in [1.54, 1.807) is 111 Å². The quantitative estimate of drug-likeness (QED) is 0.0180. The normalized spacial score (nSPS) is 11.5. The van der Waals surface area contributed by atoms with E-state index >= 15 is 0 Å². The molecule has 0 saturated heterocycles. The zero-order chi connectivity index (χ0) is 99.0. The van der Waals surface area contributed by atoms with E-state index < -0.39 is 133 Å². The molecule has 0 aromatic heterocycles. The van der Waals surface area contributed by atoms with Crippen LogP contribution in [0.15, 0.2) is 146 Å². The maximum absolute atomic E-state index is 14.3. The lowest BCUT2D eigenvalue weighted by Crippen LogP contribution is -2.51. The summed E-state index contributed by atoms with van der Waals surface area (Å²) in [5, 5.41) is 46.1. The standard InChI is InChI=1S/C96H132N20O17/c1-20-45-101-81(125)94(10,11)84(128)108-67-33-21-61(22-34-67)58-64-31-43-72(44-32-64)113-89(133)116(56-50-106-82(126)95(12,13)85(129)109-68-35-23-62(24-36-68)59-65-27-39-70(40-28-65)111-87(131)114(52-46-102-77(121)90(2,3)73(117)97-16)53-47-103-78(122)91(4,5)74(118)98-17)57-51-107-83(127)96(14,15)86(130)110-69-37-25-63(26-38-69)60-66-29-41-71(42-30-66)112-88(132)115(54-48-104-79(123)92(6,7)75(119)99-18)55-49-105-80(124)93(8,9)76(120)100-19/h21-44H,20,45-60H2,1-19H3,(H,97,117)(H,98,118)(H,99,119)(H,100,120)(H,101,125)(H,102,121)(H,103,122)(H,104,123)(H,105,124)(H,106,126)(H,107,127)(H,108,128)(H,109,129)(H,110,130)(H,111,131)(H,112,132)(H,113,133). The minimum absolute atomic E-state index is 0.00881. The topological polar surface area (TPSA) is 504 Å². The maximum atomic E-state index is 14.3. The predicted octanol–water partition coefficient (Wildman–Crippen LogP) is 6.57. The van der Waals surface area contributed by atoms with E-state index in [4.69, 9.17) is 0 Å². The van der Waals surface area contributed by atoms with E-state index in [9.17, 15) is 81.5 Å². The van der Waals surface area contributed by atoms with Gasteiger partial charge in [-0.3, -0.25) is 67.1 Å². The molecule has 0 heterocycles. The fraction of sp³-hybridized carbons (Fsp3) is 0.448. The molecule has 6 rings (SSSR count). The van der Waals surface area contributed by atoms with Gasteiger partial charge in [0, 0.05) is 147 Å². The van der Waals surface area contributed by atoms with E-state index in [2.05, 4.69) is 90.4 Å². The van der Waals surface area contributed by atoms with Crippen molar-refractivity contribution in [2.24, 2.45) is 37.9 Å². The Labute approximate surface area is 777 Å². The summed E-state index contributed by atoms with van der Waals surface area (Å²) < 4.78 is 0. The molecule has 0 radical (unpaired) electrons. The van der Waals surface area contributed by atoms with Crippen LogP contribution in [0.5, 0.6) is 0 Å². The third-order valence-electron chi connectivity index (χ3n) is 22.7. The molecule has 0 aliphatic rings. The Hall–Kier alpha value is -14.3. The third-order valence-corrected chi connectivity index (χ3v) is 22.7. The molecule has 133 heavy (non-hydrogen) atoms. The van der Waals surface area contributed by atoms with Crippen molar-refractivity contribution in [1.82, 2.24) is 73.2 Å². The summed E-state index contributed by atoms with van der Waals surface area (Å²) in [5.74, 6) is -7.66. The van der Waals surface area contributed by atoms with Crippen molar-refractivity contribution in [1.29, 1.82) is 0 Å². The lowest BCUT2D eigenvalue weighted by Gasteiger charge is -2.27. The Morgan fingerprint density at radius 2 is 0.346 bits per heavy atom. The highest BCUT2D eigenvalue weighted by atomic mass is 16.2. The van der Waals surface area contributed by atoms with Gasteiger partial charge in [0.15, 0.2) is 0 Å². The van der Waals surface area contributed by atoms with Crippen LogP contribution in [0, 0.1) is 37.9 Å². The Bertz CT molecular complexity index is 4800. The summed E-state index contributed by atoms with van der Waals surface area (Å²) in [6.07, 6.45) is 2.10. The lowest BCUT2D eigenvalue weighted by atomic mass is 9.91. The Morgan fingerprint density at radius 3 is 0.496 bits per heavy atom. The minimum atomic E-state index is -1.65. The van der Waals surface area contributed by atoms with Gasteiger partial charge in [-0.05, 0) is 229 Å². The molecule has 0 atom stereocenters. The summed E-state index contributed by atoms with van der Waals surface area (Å²) in [6.45, 7) is 22.4. The Morgan fingerprint density at radius 1 is 0.203 bits per heavy atom. The summed E-state index contributed by atoms with van der Waals surface area (Å²) in [7, 11) is 5.67. The molecule has 0 bridgehead atoms. The number of amides is 20. The van der Waals surface area contributed by atoms with Gasteiger partial charge >= 0.3 is 18.1 Å². The largest absolute Gasteiger partial charge is 0.358 e. The fourth-order valence-electron chi connectivity index (χ4n) is 12.9. The average molecular weight is 1840 g/mol. The second kappa shape index (κ2) is 48.6. The van der Waals surface area contributed by atoms with Gasteiger partial charge in [0.25, 0.3) is 0 Å². The van der Waals surface area contributed by atoms with Gasteiger partial charge in [0.2, 0.25) is 82.7 Å². The first-order valence-electron chi connectivity index (χ1n) is 44.0. The van der Waals surface area contributed by atoms with Gasteiger partial charge in [-0.2, -0.15) is 0 Å². The van der Waals surface area contributed by atoms with E-state index in [1.165, 1.54) is 126 Å². The number of anilines is 6. The number of nitrogens with zero attached hydrogens (tertiary/aromatic N) is 3. The molecular formula is C96H132N20O17. The van der Waals surface area contributed by atoms with E-state index in [0.29, 0.717) is 59.9 Å². The summed E-state index contributed by atoms with van der Waals surface area (Å²) >= 11 is 0. The van der Waals surface area contributed by atoms with Gasteiger partial charge in [0.05, 0.1) is 0 Å². The highest BCUT2D eigenvalue weighted by Gasteiger charge is 2.42. The molecule has 6 aromatic carbocycles. The molecule has 20 amide bonds. The van der Waals surface area contributed by atoms with Crippen molar-refractivity contribution in [3.05, 3.63) is 179 Å². The maximum Gasteiger partial charge on any atom is 0.321 e. The van der Waals surface area contributed by atoms with Crippen molar-refractivity contribution in [2.45, 2.75) is 130 Å². The van der Waals surface area contributed by atoms with Crippen LogP contribution < -0.4 is 90.4 Å². The highest BCUT2D eigenvalue weighted by molar-refractivity contribution is 6.12. The molecule has 0 saturated carbocycles.